The molecule has 0 bridgehead atoms. The van der Waals surface area contributed by atoms with Crippen LogP contribution >= 0.6 is 62.3 Å². The SMILES string of the molecule is CCOC(=O)c1nccnc1C.CCOC(=O)c1nccnc1CBr.ClC(Cl)(Cl)Cl. The highest BCUT2D eigenvalue weighted by Crippen LogP contribution is 2.29. The van der Waals surface area contributed by atoms with E-state index < -0.39 is 15.2 Å². The Balaban J connectivity index is 0.000000461. The fourth-order valence-electron chi connectivity index (χ4n) is 1.64. The molecule has 2 aromatic heterocycles. The lowest BCUT2D eigenvalue weighted by Gasteiger charge is -2.03. The largest absolute Gasteiger partial charge is 0.461 e. The number of alkyl halides is 5. The number of esters is 2. The van der Waals surface area contributed by atoms with E-state index in [1.807, 2.05) is 0 Å². The molecular formula is C17H19BrCl4N4O4. The van der Waals surface area contributed by atoms with Gasteiger partial charge in [0.2, 0.25) is 0 Å². The third-order valence-corrected chi connectivity index (χ3v) is 3.25. The van der Waals surface area contributed by atoms with Gasteiger partial charge in [-0.05, 0) is 20.8 Å². The molecule has 0 unspecified atom stereocenters. The molecule has 0 radical (unpaired) electrons. The summed E-state index contributed by atoms with van der Waals surface area (Å²) < 4.78 is 7.96. The summed E-state index contributed by atoms with van der Waals surface area (Å²) in [5.74, 6) is -0.840. The van der Waals surface area contributed by atoms with Gasteiger partial charge in [-0.1, -0.05) is 62.3 Å². The van der Waals surface area contributed by atoms with E-state index in [0.29, 0.717) is 35.6 Å². The van der Waals surface area contributed by atoms with Crippen LogP contribution in [0, 0.1) is 6.92 Å². The Labute approximate surface area is 202 Å². The van der Waals surface area contributed by atoms with E-state index in [-0.39, 0.29) is 5.69 Å². The van der Waals surface area contributed by atoms with Crippen LogP contribution in [-0.2, 0) is 14.8 Å². The molecule has 0 amide bonds. The molecule has 0 aliphatic rings. The van der Waals surface area contributed by atoms with Gasteiger partial charge in [0.25, 0.3) is 3.25 Å². The molecule has 0 atom stereocenters. The highest BCUT2D eigenvalue weighted by atomic mass is 79.9. The number of halogens is 5. The minimum absolute atomic E-state index is 0.279. The minimum Gasteiger partial charge on any atom is -0.461 e. The van der Waals surface area contributed by atoms with Crippen molar-refractivity contribution >= 4 is 74.3 Å². The van der Waals surface area contributed by atoms with E-state index in [1.54, 1.807) is 27.0 Å². The maximum Gasteiger partial charge on any atom is 0.358 e. The van der Waals surface area contributed by atoms with Crippen LogP contribution in [0.25, 0.3) is 0 Å². The molecule has 2 aromatic rings. The van der Waals surface area contributed by atoms with Gasteiger partial charge < -0.3 is 9.47 Å². The summed E-state index contributed by atoms with van der Waals surface area (Å²) in [4.78, 5) is 38.1. The Morgan fingerprint density at radius 2 is 1.27 bits per heavy atom. The smallest absolute Gasteiger partial charge is 0.358 e. The lowest BCUT2D eigenvalue weighted by Crippen LogP contribution is -2.10. The first-order chi connectivity index (χ1) is 14.0. The molecule has 0 aromatic carbocycles. The van der Waals surface area contributed by atoms with Gasteiger partial charge in [-0.15, -0.1) is 0 Å². The molecule has 0 saturated heterocycles. The number of aromatic nitrogens is 4. The molecule has 30 heavy (non-hydrogen) atoms. The molecule has 0 aliphatic heterocycles. The Morgan fingerprint density at radius 1 is 0.867 bits per heavy atom. The van der Waals surface area contributed by atoms with Crippen molar-refractivity contribution in [1.29, 1.82) is 0 Å². The molecule has 8 nitrogen and oxygen atoms in total. The number of aryl methyl sites for hydroxylation is 1. The van der Waals surface area contributed by atoms with E-state index in [0.717, 1.165) is 0 Å². The van der Waals surface area contributed by atoms with E-state index >= 15 is 0 Å². The van der Waals surface area contributed by atoms with Crippen LogP contribution in [0.2, 0.25) is 0 Å². The molecular weight excluding hydrogens is 546 g/mol. The van der Waals surface area contributed by atoms with Crippen molar-refractivity contribution in [3.05, 3.63) is 47.6 Å². The Hall–Kier alpha value is -1.26. The van der Waals surface area contributed by atoms with Crippen LogP contribution in [-0.4, -0.2) is 48.3 Å². The number of hydrogen-bond acceptors (Lipinski definition) is 8. The monoisotopic (exact) mass is 562 g/mol. The molecule has 2 heterocycles. The second kappa shape index (κ2) is 15.5. The van der Waals surface area contributed by atoms with Crippen molar-refractivity contribution in [2.75, 3.05) is 13.2 Å². The average molecular weight is 565 g/mol. The standard InChI is InChI=1S/C8H9BrN2O2.C8H10N2O2.CCl4/c1-2-13-8(12)7-6(5-9)10-3-4-11-7;1-3-12-8(11)7-6(2)9-4-5-10-7;2-1(3,4)5/h3-4H,2,5H2,1H3;4-5H,3H2,1-2H3;. The molecule has 0 fully saturated rings. The van der Waals surface area contributed by atoms with Gasteiger partial charge in [-0.2, -0.15) is 0 Å². The highest BCUT2D eigenvalue weighted by molar-refractivity contribution is 9.08. The normalized spacial score (nSPS) is 10.0. The van der Waals surface area contributed by atoms with Gasteiger partial charge in [0, 0.05) is 30.1 Å². The molecule has 166 valence electrons. The summed E-state index contributed by atoms with van der Waals surface area (Å²) >= 11 is 22.5. The number of nitrogens with zero attached hydrogens (tertiary/aromatic N) is 4. The van der Waals surface area contributed by atoms with Crippen LogP contribution in [0.4, 0.5) is 0 Å². The number of carbonyl (C=O) groups is 2. The fourth-order valence-corrected chi connectivity index (χ4v) is 2.05. The number of hydrogen-bond donors (Lipinski definition) is 0. The van der Waals surface area contributed by atoms with E-state index in [2.05, 4.69) is 35.9 Å². The summed E-state index contributed by atoms with van der Waals surface area (Å²) in [6.07, 6.45) is 6.02. The van der Waals surface area contributed by atoms with E-state index in [4.69, 9.17) is 55.9 Å². The van der Waals surface area contributed by atoms with Crippen LogP contribution in [0.15, 0.2) is 24.8 Å². The van der Waals surface area contributed by atoms with Gasteiger partial charge in [-0.3, -0.25) is 9.97 Å². The Bertz CT molecular complexity index is 803. The molecule has 0 saturated carbocycles. The summed E-state index contributed by atoms with van der Waals surface area (Å²) in [6, 6.07) is 0. The van der Waals surface area contributed by atoms with Crippen molar-refractivity contribution in [1.82, 2.24) is 19.9 Å². The third-order valence-electron chi connectivity index (χ3n) is 2.72. The van der Waals surface area contributed by atoms with Gasteiger partial charge in [0.15, 0.2) is 11.4 Å². The second-order valence-corrected chi connectivity index (χ2v) is 8.83. The van der Waals surface area contributed by atoms with E-state index in [9.17, 15) is 9.59 Å². The molecule has 13 heteroatoms. The summed E-state index contributed by atoms with van der Waals surface area (Å²) in [5, 5.41) is 0.495. The predicted molar refractivity (Wildman–Crippen MR) is 119 cm³/mol. The highest BCUT2D eigenvalue weighted by Gasteiger charge is 2.13. The zero-order valence-corrected chi connectivity index (χ0v) is 20.9. The van der Waals surface area contributed by atoms with Crippen molar-refractivity contribution < 1.29 is 19.1 Å². The summed E-state index contributed by atoms with van der Waals surface area (Å²) in [7, 11) is 0. The maximum absolute atomic E-state index is 11.3. The molecule has 0 spiro atoms. The van der Waals surface area contributed by atoms with Crippen LogP contribution in [0.5, 0.6) is 0 Å². The first kappa shape index (κ1) is 28.7. The van der Waals surface area contributed by atoms with Crippen LogP contribution in [0.3, 0.4) is 0 Å². The van der Waals surface area contributed by atoms with Gasteiger partial charge in [0.05, 0.1) is 24.6 Å². The minimum atomic E-state index is -1.61. The average Bonchev–Trinajstić information content (AvgIpc) is 2.68. The van der Waals surface area contributed by atoms with Crippen LogP contribution in [0.1, 0.15) is 46.2 Å². The summed E-state index contributed by atoms with van der Waals surface area (Å²) in [5.41, 5.74) is 1.76. The zero-order chi connectivity index (χ0) is 23.2. The maximum atomic E-state index is 11.3. The van der Waals surface area contributed by atoms with Gasteiger partial charge in [-0.25, -0.2) is 19.6 Å². The lowest BCUT2D eigenvalue weighted by molar-refractivity contribution is 0.0508. The van der Waals surface area contributed by atoms with Crippen molar-refractivity contribution in [3.63, 3.8) is 0 Å². The van der Waals surface area contributed by atoms with Gasteiger partial charge >= 0.3 is 11.9 Å². The quantitative estimate of drug-likeness (QED) is 0.366. The van der Waals surface area contributed by atoms with Crippen molar-refractivity contribution in [2.24, 2.45) is 0 Å². The zero-order valence-electron chi connectivity index (χ0n) is 16.2. The van der Waals surface area contributed by atoms with Gasteiger partial charge in [0.1, 0.15) is 0 Å². The lowest BCUT2D eigenvalue weighted by atomic mass is 10.3. The second-order valence-electron chi connectivity index (χ2n) is 4.85. The van der Waals surface area contributed by atoms with Crippen LogP contribution < -0.4 is 0 Å². The van der Waals surface area contributed by atoms with Crippen molar-refractivity contribution in [3.8, 4) is 0 Å². The van der Waals surface area contributed by atoms with Crippen molar-refractivity contribution in [2.45, 2.75) is 29.4 Å². The third kappa shape index (κ3) is 13.1. The predicted octanol–water partition coefficient (Wildman–Crippen LogP) is 5.06. The number of carbonyl (C=O) groups excluding carboxylic acids is 2. The molecule has 0 N–H and O–H groups in total. The number of rotatable bonds is 5. The number of ether oxygens (including phenoxy) is 2. The molecule has 2 rings (SSSR count). The topological polar surface area (TPSA) is 104 Å². The Kier molecular flexibility index (Phi) is 14.9. The van der Waals surface area contributed by atoms with E-state index in [1.165, 1.54) is 18.6 Å². The Morgan fingerprint density at radius 3 is 1.70 bits per heavy atom. The fraction of sp³-hybridized carbons (Fsp3) is 0.412. The summed E-state index contributed by atoms with van der Waals surface area (Å²) in [6.45, 7) is 5.93. The first-order valence-electron chi connectivity index (χ1n) is 8.28. The molecule has 0 aliphatic carbocycles. The first-order valence-corrected chi connectivity index (χ1v) is 10.9.